The number of fused-ring (bicyclic) bond motifs is 2. The molecule has 2 aliphatic rings. The number of pyridine rings is 1. The van der Waals surface area contributed by atoms with Gasteiger partial charge < -0.3 is 19.7 Å². The van der Waals surface area contributed by atoms with Crippen LogP contribution in [0.1, 0.15) is 41.6 Å². The minimum atomic E-state index is -0.0769. The maximum atomic E-state index is 13.1. The average molecular weight is 409 g/mol. The van der Waals surface area contributed by atoms with Gasteiger partial charge in [0, 0.05) is 36.1 Å². The van der Waals surface area contributed by atoms with Crippen molar-refractivity contribution in [2.24, 2.45) is 0 Å². The van der Waals surface area contributed by atoms with Crippen molar-refractivity contribution in [1.82, 2.24) is 15.2 Å². The van der Waals surface area contributed by atoms with Crippen molar-refractivity contribution in [2.45, 2.75) is 50.2 Å². The van der Waals surface area contributed by atoms with Crippen LogP contribution in [0.2, 0.25) is 0 Å². The number of hydrogen-bond acceptors (Lipinski definition) is 5. The predicted molar refractivity (Wildman–Crippen MR) is 112 cm³/mol. The molecule has 2 unspecified atom stereocenters. The Kier molecular flexibility index (Phi) is 5.88. The summed E-state index contributed by atoms with van der Waals surface area (Å²) in [7, 11) is 3.19. The molecule has 0 saturated carbocycles. The molecular formula is C23H27N3O4. The fourth-order valence-electron chi connectivity index (χ4n) is 4.73. The first-order valence-corrected chi connectivity index (χ1v) is 10.3. The van der Waals surface area contributed by atoms with Crippen LogP contribution in [-0.2, 0) is 11.2 Å². The molecule has 2 fully saturated rings. The molecule has 0 radical (unpaired) electrons. The van der Waals surface area contributed by atoms with Crippen LogP contribution in [0.25, 0.3) is 0 Å². The number of aromatic nitrogens is 1. The standard InChI is InChI=1S/C23H27N3O4/c1-29-20-6-3-15(11-21(20)30-2)12-22(27)26-18-4-5-19(26)14-17(13-18)25-23(28)16-7-9-24-10-8-16/h3,6-11,17-19H,4-5,12-14H2,1-2H3,(H,25,28). The van der Waals surface area contributed by atoms with Gasteiger partial charge in [0.25, 0.3) is 5.91 Å². The lowest BCUT2D eigenvalue weighted by Gasteiger charge is -2.39. The molecule has 2 bridgehead atoms. The Morgan fingerprint density at radius 3 is 2.33 bits per heavy atom. The molecular weight excluding hydrogens is 382 g/mol. The number of carbonyl (C=O) groups excluding carboxylic acids is 2. The van der Waals surface area contributed by atoms with Crippen LogP contribution in [0.3, 0.4) is 0 Å². The van der Waals surface area contributed by atoms with E-state index in [9.17, 15) is 9.59 Å². The van der Waals surface area contributed by atoms with Gasteiger partial charge in [-0.1, -0.05) is 6.07 Å². The fourth-order valence-corrected chi connectivity index (χ4v) is 4.73. The van der Waals surface area contributed by atoms with Crippen molar-refractivity contribution in [2.75, 3.05) is 14.2 Å². The lowest BCUT2D eigenvalue weighted by molar-refractivity contribution is -0.135. The van der Waals surface area contributed by atoms with E-state index in [2.05, 4.69) is 10.3 Å². The Hall–Kier alpha value is -3.09. The smallest absolute Gasteiger partial charge is 0.251 e. The molecule has 3 heterocycles. The van der Waals surface area contributed by atoms with E-state index in [0.717, 1.165) is 31.2 Å². The van der Waals surface area contributed by atoms with Crippen molar-refractivity contribution < 1.29 is 19.1 Å². The first-order valence-electron chi connectivity index (χ1n) is 10.3. The highest BCUT2D eigenvalue weighted by molar-refractivity contribution is 5.94. The SMILES string of the molecule is COc1ccc(CC(=O)N2C3CCC2CC(NC(=O)c2ccncc2)C3)cc1OC. The first kappa shape index (κ1) is 20.2. The summed E-state index contributed by atoms with van der Waals surface area (Å²) in [6, 6.07) is 9.48. The van der Waals surface area contributed by atoms with Gasteiger partial charge in [-0.15, -0.1) is 0 Å². The Labute approximate surface area is 176 Å². The highest BCUT2D eigenvalue weighted by Crippen LogP contribution is 2.37. The molecule has 0 aliphatic carbocycles. The second-order valence-corrected chi connectivity index (χ2v) is 7.93. The zero-order valence-corrected chi connectivity index (χ0v) is 17.3. The number of ether oxygens (including phenoxy) is 2. The molecule has 2 amide bonds. The van der Waals surface area contributed by atoms with Gasteiger partial charge in [-0.2, -0.15) is 0 Å². The van der Waals surface area contributed by atoms with E-state index >= 15 is 0 Å². The van der Waals surface area contributed by atoms with E-state index in [0.29, 0.717) is 23.5 Å². The molecule has 2 aliphatic heterocycles. The van der Waals surface area contributed by atoms with Gasteiger partial charge in [-0.25, -0.2) is 0 Å². The molecule has 7 heteroatoms. The van der Waals surface area contributed by atoms with E-state index in [1.165, 1.54) is 0 Å². The monoisotopic (exact) mass is 409 g/mol. The van der Waals surface area contributed by atoms with Gasteiger partial charge in [0.15, 0.2) is 11.5 Å². The highest BCUT2D eigenvalue weighted by atomic mass is 16.5. The fraction of sp³-hybridized carbons (Fsp3) is 0.435. The Balaban J connectivity index is 1.39. The van der Waals surface area contributed by atoms with E-state index in [1.54, 1.807) is 38.7 Å². The summed E-state index contributed by atoms with van der Waals surface area (Å²) in [5, 5.41) is 3.14. The summed E-state index contributed by atoms with van der Waals surface area (Å²) in [6.07, 6.45) is 7.15. The second-order valence-electron chi connectivity index (χ2n) is 7.93. The number of benzene rings is 1. The maximum Gasteiger partial charge on any atom is 0.251 e. The van der Waals surface area contributed by atoms with E-state index in [4.69, 9.17) is 9.47 Å². The number of carbonyl (C=O) groups is 2. The Bertz CT molecular complexity index is 904. The highest BCUT2D eigenvalue weighted by Gasteiger charge is 2.43. The molecule has 2 atom stereocenters. The maximum absolute atomic E-state index is 13.1. The topological polar surface area (TPSA) is 80.8 Å². The summed E-state index contributed by atoms with van der Waals surface area (Å²) >= 11 is 0. The number of rotatable bonds is 6. The minimum Gasteiger partial charge on any atom is -0.493 e. The van der Waals surface area contributed by atoms with Crippen LogP contribution in [0.15, 0.2) is 42.7 Å². The quantitative estimate of drug-likeness (QED) is 0.793. The zero-order valence-electron chi connectivity index (χ0n) is 17.3. The van der Waals surface area contributed by atoms with E-state index in [-0.39, 0.29) is 29.9 Å². The van der Waals surface area contributed by atoms with Crippen LogP contribution < -0.4 is 14.8 Å². The zero-order chi connectivity index (χ0) is 21.1. The molecule has 30 heavy (non-hydrogen) atoms. The van der Waals surface area contributed by atoms with Gasteiger partial charge in [0.2, 0.25) is 5.91 Å². The molecule has 2 aromatic rings. The summed E-state index contributed by atoms with van der Waals surface area (Å²) in [4.78, 5) is 31.6. The molecule has 2 saturated heterocycles. The van der Waals surface area contributed by atoms with Gasteiger partial charge in [-0.3, -0.25) is 14.6 Å². The van der Waals surface area contributed by atoms with Crippen molar-refractivity contribution >= 4 is 11.8 Å². The van der Waals surface area contributed by atoms with Crippen molar-refractivity contribution in [3.8, 4) is 11.5 Å². The number of piperidine rings is 1. The molecule has 1 aromatic heterocycles. The molecule has 1 aromatic carbocycles. The number of methoxy groups -OCH3 is 2. The van der Waals surface area contributed by atoms with Crippen molar-refractivity contribution in [1.29, 1.82) is 0 Å². The largest absolute Gasteiger partial charge is 0.493 e. The summed E-state index contributed by atoms with van der Waals surface area (Å²) < 4.78 is 10.6. The van der Waals surface area contributed by atoms with Crippen LogP contribution in [0, 0.1) is 0 Å². The lowest BCUT2D eigenvalue weighted by Crippen LogP contribution is -2.52. The molecule has 4 rings (SSSR count). The third kappa shape index (κ3) is 4.10. The number of nitrogens with zero attached hydrogens (tertiary/aromatic N) is 2. The average Bonchev–Trinajstić information content (AvgIpc) is 3.05. The summed E-state index contributed by atoms with van der Waals surface area (Å²) in [6.45, 7) is 0. The van der Waals surface area contributed by atoms with Crippen LogP contribution >= 0.6 is 0 Å². The minimum absolute atomic E-state index is 0.0769. The first-order chi connectivity index (χ1) is 14.6. The number of nitrogens with one attached hydrogen (secondary N) is 1. The molecule has 1 N–H and O–H groups in total. The molecule has 7 nitrogen and oxygen atoms in total. The van der Waals surface area contributed by atoms with Crippen LogP contribution in [0.4, 0.5) is 0 Å². The normalized spacial score (nSPS) is 22.5. The van der Waals surface area contributed by atoms with Gasteiger partial charge in [0.05, 0.1) is 20.6 Å². The third-order valence-electron chi connectivity index (χ3n) is 6.10. The summed E-state index contributed by atoms with van der Waals surface area (Å²) in [5.74, 6) is 1.34. The van der Waals surface area contributed by atoms with Gasteiger partial charge in [0.1, 0.15) is 0 Å². The second kappa shape index (κ2) is 8.73. The Morgan fingerprint density at radius 2 is 1.70 bits per heavy atom. The number of hydrogen-bond donors (Lipinski definition) is 1. The molecule has 158 valence electrons. The van der Waals surface area contributed by atoms with E-state index in [1.807, 2.05) is 23.1 Å². The van der Waals surface area contributed by atoms with Gasteiger partial charge in [-0.05, 0) is 55.5 Å². The van der Waals surface area contributed by atoms with Crippen LogP contribution in [0.5, 0.6) is 11.5 Å². The Morgan fingerprint density at radius 1 is 1.03 bits per heavy atom. The van der Waals surface area contributed by atoms with Crippen LogP contribution in [-0.4, -0.2) is 54.0 Å². The van der Waals surface area contributed by atoms with Crippen molar-refractivity contribution in [3.05, 3.63) is 53.9 Å². The van der Waals surface area contributed by atoms with E-state index < -0.39 is 0 Å². The number of amides is 2. The lowest BCUT2D eigenvalue weighted by atomic mass is 9.96. The van der Waals surface area contributed by atoms with Gasteiger partial charge >= 0.3 is 0 Å². The molecule has 0 spiro atoms. The summed E-state index contributed by atoms with van der Waals surface area (Å²) in [5.41, 5.74) is 1.52. The predicted octanol–water partition coefficient (Wildman–Crippen LogP) is 2.59. The van der Waals surface area contributed by atoms with Crippen molar-refractivity contribution in [3.63, 3.8) is 0 Å². The third-order valence-corrected chi connectivity index (χ3v) is 6.10.